The number of carbonyl (C=O) groups is 1. The molecule has 1 aliphatic rings. The molecule has 1 aromatic carbocycles. The smallest absolute Gasteiger partial charge is 0.475 e. The van der Waals surface area contributed by atoms with Crippen LogP contribution in [-0.4, -0.2) is 44.5 Å². The highest BCUT2D eigenvalue weighted by molar-refractivity contribution is 7.22. The van der Waals surface area contributed by atoms with Crippen molar-refractivity contribution >= 4 is 38.9 Å². The summed E-state index contributed by atoms with van der Waals surface area (Å²) in [5.74, 6) is -2.76. The van der Waals surface area contributed by atoms with E-state index < -0.39 is 12.1 Å². The van der Waals surface area contributed by atoms with Gasteiger partial charge in [-0.15, -0.1) is 22.7 Å². The molecule has 2 N–H and O–H groups in total. The third-order valence-corrected chi connectivity index (χ3v) is 7.87. The molecule has 8 nitrogen and oxygen atoms in total. The van der Waals surface area contributed by atoms with Crippen LogP contribution >= 0.6 is 22.7 Å². The Morgan fingerprint density at radius 1 is 1.16 bits per heavy atom. The van der Waals surface area contributed by atoms with E-state index in [-0.39, 0.29) is 17.3 Å². The number of thiazole rings is 1. The van der Waals surface area contributed by atoms with E-state index in [0.717, 1.165) is 46.3 Å². The molecule has 3 aromatic heterocycles. The van der Waals surface area contributed by atoms with Gasteiger partial charge in [-0.2, -0.15) is 13.2 Å². The average Bonchev–Trinajstić information content (AvgIpc) is 3.49. The Kier molecular flexibility index (Phi) is 7.95. The molecule has 1 saturated heterocycles. The highest BCUT2D eigenvalue weighted by Crippen LogP contribution is 2.32. The SMILES string of the molecule is Cc1ncc(Cn2c(=O)n(C3CCNCC3)c(=O)c3sc(-c4ccccc4)cc32)s1.O=C(O)C(F)(F)F. The monoisotopic (exact) mass is 552 g/mol. The van der Waals surface area contributed by atoms with E-state index in [2.05, 4.69) is 10.3 Å². The summed E-state index contributed by atoms with van der Waals surface area (Å²) in [6.07, 6.45) is -1.68. The maximum Gasteiger partial charge on any atom is 0.490 e. The van der Waals surface area contributed by atoms with E-state index in [1.807, 2.05) is 49.5 Å². The lowest BCUT2D eigenvalue weighted by Crippen LogP contribution is -2.44. The molecule has 0 aliphatic carbocycles. The molecule has 5 rings (SSSR count). The number of halogens is 3. The molecule has 0 amide bonds. The highest BCUT2D eigenvalue weighted by Gasteiger charge is 2.38. The molecule has 4 heterocycles. The van der Waals surface area contributed by atoms with Crippen LogP contribution in [0.3, 0.4) is 0 Å². The van der Waals surface area contributed by atoms with Gasteiger partial charge in [-0.3, -0.25) is 13.9 Å². The fourth-order valence-electron chi connectivity index (χ4n) is 4.08. The number of thiophene rings is 1. The molecule has 196 valence electrons. The fourth-order valence-corrected chi connectivity index (χ4v) is 5.97. The maximum absolute atomic E-state index is 13.6. The summed E-state index contributed by atoms with van der Waals surface area (Å²) in [5, 5.41) is 11.4. The number of aliphatic carboxylic acids is 1. The van der Waals surface area contributed by atoms with Gasteiger partial charge < -0.3 is 10.4 Å². The van der Waals surface area contributed by atoms with Crippen molar-refractivity contribution in [3.8, 4) is 10.4 Å². The number of aromatic nitrogens is 3. The van der Waals surface area contributed by atoms with Crippen molar-refractivity contribution in [3.05, 3.63) is 73.3 Å². The van der Waals surface area contributed by atoms with E-state index in [0.29, 0.717) is 16.8 Å². The van der Waals surface area contributed by atoms with Crippen LogP contribution in [0.1, 0.15) is 28.8 Å². The number of benzene rings is 1. The van der Waals surface area contributed by atoms with Gasteiger partial charge in [-0.1, -0.05) is 30.3 Å². The standard InChI is InChI=1S/C22H22N4O2S2.C2HF3O2/c1-14-24-12-17(29-14)13-25-18-11-19(15-5-3-2-4-6-15)30-20(18)21(27)26(22(25)28)16-7-9-23-10-8-16;3-2(4,5)1(6)7/h2-6,11-12,16,23H,7-10,13H2,1H3;(H,6,7). The molecule has 0 bridgehead atoms. The van der Waals surface area contributed by atoms with Gasteiger partial charge in [0.2, 0.25) is 0 Å². The zero-order chi connectivity index (χ0) is 26.7. The highest BCUT2D eigenvalue weighted by atomic mass is 32.1. The molecule has 0 unspecified atom stereocenters. The molecular formula is C24H23F3N4O4S2. The Morgan fingerprint density at radius 3 is 2.38 bits per heavy atom. The van der Waals surface area contributed by atoms with Crippen molar-refractivity contribution in [2.45, 2.75) is 38.5 Å². The van der Waals surface area contributed by atoms with Crippen LogP contribution in [0.4, 0.5) is 13.2 Å². The summed E-state index contributed by atoms with van der Waals surface area (Å²) in [6, 6.07) is 11.9. The van der Waals surface area contributed by atoms with E-state index in [1.54, 1.807) is 15.9 Å². The first-order chi connectivity index (χ1) is 17.6. The van der Waals surface area contributed by atoms with Crippen LogP contribution in [0.2, 0.25) is 0 Å². The van der Waals surface area contributed by atoms with Crippen LogP contribution in [0.15, 0.2) is 52.2 Å². The third kappa shape index (κ3) is 6.00. The predicted octanol–water partition coefficient (Wildman–Crippen LogP) is 4.26. The molecule has 0 radical (unpaired) electrons. The van der Waals surface area contributed by atoms with Crippen LogP contribution in [0.25, 0.3) is 20.7 Å². The quantitative estimate of drug-likeness (QED) is 0.392. The van der Waals surface area contributed by atoms with Gasteiger partial charge in [0, 0.05) is 22.0 Å². The lowest BCUT2D eigenvalue weighted by atomic mass is 10.1. The van der Waals surface area contributed by atoms with Gasteiger partial charge in [-0.25, -0.2) is 14.6 Å². The predicted molar refractivity (Wildman–Crippen MR) is 137 cm³/mol. The van der Waals surface area contributed by atoms with Crippen molar-refractivity contribution in [2.24, 2.45) is 0 Å². The fraction of sp³-hybridized carbons (Fsp3) is 0.333. The Balaban J connectivity index is 0.000000405. The zero-order valence-corrected chi connectivity index (χ0v) is 21.3. The first kappa shape index (κ1) is 26.8. The van der Waals surface area contributed by atoms with E-state index in [1.165, 1.54) is 15.9 Å². The summed E-state index contributed by atoms with van der Waals surface area (Å²) in [6.45, 7) is 4.03. The summed E-state index contributed by atoms with van der Waals surface area (Å²) in [4.78, 5) is 42.2. The molecule has 0 spiro atoms. The zero-order valence-electron chi connectivity index (χ0n) is 19.6. The summed E-state index contributed by atoms with van der Waals surface area (Å²) in [7, 11) is 0. The number of rotatable bonds is 4. The largest absolute Gasteiger partial charge is 0.490 e. The number of carboxylic acids is 1. The topological polar surface area (TPSA) is 106 Å². The lowest BCUT2D eigenvalue weighted by Gasteiger charge is -2.24. The van der Waals surface area contributed by atoms with E-state index in [4.69, 9.17) is 9.90 Å². The Hall–Kier alpha value is -3.29. The van der Waals surface area contributed by atoms with E-state index >= 15 is 0 Å². The minimum Gasteiger partial charge on any atom is -0.475 e. The van der Waals surface area contributed by atoms with Crippen molar-refractivity contribution < 1.29 is 23.1 Å². The Bertz CT molecular complexity index is 1520. The van der Waals surface area contributed by atoms with Crippen molar-refractivity contribution in [1.29, 1.82) is 0 Å². The van der Waals surface area contributed by atoms with Crippen LogP contribution in [0.5, 0.6) is 0 Å². The van der Waals surface area contributed by atoms with Gasteiger partial charge in [0.1, 0.15) is 4.70 Å². The van der Waals surface area contributed by atoms with Gasteiger partial charge >= 0.3 is 17.8 Å². The molecule has 37 heavy (non-hydrogen) atoms. The van der Waals surface area contributed by atoms with Crippen LogP contribution in [-0.2, 0) is 11.3 Å². The summed E-state index contributed by atoms with van der Waals surface area (Å²) in [5.41, 5.74) is 1.39. The van der Waals surface area contributed by atoms with Crippen molar-refractivity contribution in [2.75, 3.05) is 13.1 Å². The minimum atomic E-state index is -5.08. The van der Waals surface area contributed by atoms with Crippen molar-refractivity contribution in [3.63, 3.8) is 0 Å². The van der Waals surface area contributed by atoms with Crippen LogP contribution in [0, 0.1) is 6.92 Å². The van der Waals surface area contributed by atoms with Crippen molar-refractivity contribution in [1.82, 2.24) is 19.4 Å². The van der Waals surface area contributed by atoms with E-state index in [9.17, 15) is 22.8 Å². The number of hydrogen-bond acceptors (Lipinski definition) is 7. The molecule has 1 fully saturated rings. The van der Waals surface area contributed by atoms with Gasteiger partial charge in [0.25, 0.3) is 5.56 Å². The number of alkyl halides is 3. The number of nitrogens with one attached hydrogen (secondary N) is 1. The first-order valence-electron chi connectivity index (χ1n) is 11.3. The second-order valence-corrected chi connectivity index (χ2v) is 10.7. The molecule has 0 saturated carbocycles. The first-order valence-corrected chi connectivity index (χ1v) is 13.0. The second-order valence-electron chi connectivity index (χ2n) is 8.36. The summed E-state index contributed by atoms with van der Waals surface area (Å²) < 4.78 is 35.6. The van der Waals surface area contributed by atoms with Gasteiger partial charge in [0.15, 0.2) is 0 Å². The number of piperidine rings is 1. The Morgan fingerprint density at radius 2 is 1.81 bits per heavy atom. The number of carboxylic acid groups (broad SMARTS) is 1. The molecule has 13 heteroatoms. The molecular weight excluding hydrogens is 529 g/mol. The molecule has 4 aromatic rings. The number of aryl methyl sites for hydroxylation is 1. The van der Waals surface area contributed by atoms with Gasteiger partial charge in [0.05, 0.1) is 17.1 Å². The Labute approximate surface area is 216 Å². The lowest BCUT2D eigenvalue weighted by molar-refractivity contribution is -0.192. The third-order valence-electron chi connectivity index (χ3n) is 5.81. The number of nitrogens with zero attached hydrogens (tertiary/aromatic N) is 3. The average molecular weight is 553 g/mol. The molecule has 0 atom stereocenters. The van der Waals surface area contributed by atoms with Crippen LogP contribution < -0.4 is 16.6 Å². The number of fused-ring (bicyclic) bond motifs is 1. The molecule has 1 aliphatic heterocycles. The summed E-state index contributed by atoms with van der Waals surface area (Å²) >= 11 is 3.06. The number of hydrogen-bond donors (Lipinski definition) is 2. The second kappa shape index (κ2) is 11.0. The van der Waals surface area contributed by atoms with Gasteiger partial charge in [-0.05, 0) is 44.5 Å². The maximum atomic E-state index is 13.6. The minimum absolute atomic E-state index is 0.0626. The normalized spacial score (nSPS) is 14.4.